The molecule has 1 aromatic rings. The molecule has 0 radical (unpaired) electrons. The van der Waals surface area contributed by atoms with Crippen LogP contribution in [0.15, 0.2) is 22.7 Å². The van der Waals surface area contributed by atoms with E-state index in [1.54, 1.807) is 0 Å². The third-order valence-electron chi connectivity index (χ3n) is 5.50. The summed E-state index contributed by atoms with van der Waals surface area (Å²) < 4.78 is 0.824. The molecule has 7 heteroatoms. The standard InChI is InChI=1S/C18H20BrN3O3/c1-8-12-13(15(24)22(14(12)23)17(2,3)4)18(21-8)10-7-9(19)5-6-11(10)20-16(18)25/h5-8,12-13,21H,1-4H3,(H,20,25)/t8-,12-,13+,18-/m1/s1. The van der Waals surface area contributed by atoms with Crippen LogP contribution in [0.3, 0.4) is 0 Å². The number of amides is 3. The first-order valence-corrected chi connectivity index (χ1v) is 9.15. The Kier molecular flexibility index (Phi) is 3.29. The summed E-state index contributed by atoms with van der Waals surface area (Å²) in [5.74, 6) is -2.01. The van der Waals surface area contributed by atoms with Gasteiger partial charge in [0.1, 0.15) is 5.54 Å². The molecule has 0 bridgehead atoms. The lowest BCUT2D eigenvalue weighted by Crippen LogP contribution is -2.55. The molecule has 4 rings (SSSR count). The highest BCUT2D eigenvalue weighted by Gasteiger charge is 2.70. The number of imide groups is 1. The molecule has 2 fully saturated rings. The first kappa shape index (κ1) is 16.7. The first-order valence-electron chi connectivity index (χ1n) is 8.36. The zero-order valence-corrected chi connectivity index (χ0v) is 16.1. The fourth-order valence-electron chi connectivity index (χ4n) is 4.60. The van der Waals surface area contributed by atoms with Gasteiger partial charge in [-0.05, 0) is 45.9 Å². The molecule has 3 aliphatic rings. The van der Waals surface area contributed by atoms with Crippen LogP contribution in [0.4, 0.5) is 5.69 Å². The number of likely N-dealkylation sites (tertiary alicyclic amines) is 1. The van der Waals surface area contributed by atoms with Gasteiger partial charge in [-0.25, -0.2) is 0 Å². The monoisotopic (exact) mass is 405 g/mol. The van der Waals surface area contributed by atoms with Gasteiger partial charge in [0.25, 0.3) is 0 Å². The van der Waals surface area contributed by atoms with Crippen LogP contribution in [0.1, 0.15) is 33.3 Å². The molecular weight excluding hydrogens is 386 g/mol. The highest BCUT2D eigenvalue weighted by atomic mass is 79.9. The SMILES string of the molecule is C[C@H]1N[C@@]2(C(=O)Nc3ccc(Br)cc32)[C@@H]2C(=O)N(C(C)(C)C)C(=O)[C@@H]21. The van der Waals surface area contributed by atoms with Gasteiger partial charge in [0, 0.05) is 27.3 Å². The van der Waals surface area contributed by atoms with E-state index in [1.165, 1.54) is 4.90 Å². The van der Waals surface area contributed by atoms with Crippen molar-refractivity contribution in [3.05, 3.63) is 28.2 Å². The minimum atomic E-state index is -1.20. The molecule has 25 heavy (non-hydrogen) atoms. The number of halogens is 1. The maximum atomic E-state index is 13.3. The van der Waals surface area contributed by atoms with Crippen LogP contribution in [0.25, 0.3) is 0 Å². The van der Waals surface area contributed by atoms with Gasteiger partial charge >= 0.3 is 0 Å². The summed E-state index contributed by atoms with van der Waals surface area (Å²) in [6, 6.07) is 5.24. The van der Waals surface area contributed by atoms with E-state index < -0.39 is 22.9 Å². The third kappa shape index (κ3) is 1.96. The average Bonchev–Trinajstić information content (AvgIpc) is 3.04. The lowest BCUT2D eigenvalue weighted by molar-refractivity contribution is -0.147. The van der Waals surface area contributed by atoms with Crippen molar-refractivity contribution in [3.8, 4) is 0 Å². The summed E-state index contributed by atoms with van der Waals surface area (Å²) in [5.41, 5.74) is -0.406. The Morgan fingerprint density at radius 2 is 1.84 bits per heavy atom. The van der Waals surface area contributed by atoms with E-state index in [4.69, 9.17) is 0 Å². The van der Waals surface area contributed by atoms with Crippen LogP contribution in [-0.4, -0.2) is 34.2 Å². The summed E-state index contributed by atoms with van der Waals surface area (Å²) in [7, 11) is 0. The van der Waals surface area contributed by atoms with Crippen molar-refractivity contribution in [1.82, 2.24) is 10.2 Å². The second kappa shape index (κ2) is 4.92. The summed E-state index contributed by atoms with van der Waals surface area (Å²) in [5, 5.41) is 6.17. The first-order chi connectivity index (χ1) is 11.6. The summed E-state index contributed by atoms with van der Waals surface area (Å²) >= 11 is 3.44. The van der Waals surface area contributed by atoms with Crippen LogP contribution in [0.2, 0.25) is 0 Å². The number of carbonyl (C=O) groups excluding carboxylic acids is 3. The molecule has 6 nitrogen and oxygen atoms in total. The number of hydrogen-bond acceptors (Lipinski definition) is 4. The van der Waals surface area contributed by atoms with E-state index in [0.717, 1.165) is 10.0 Å². The quantitative estimate of drug-likeness (QED) is 0.646. The maximum Gasteiger partial charge on any atom is 0.250 e. The summed E-state index contributed by atoms with van der Waals surface area (Å²) in [4.78, 5) is 40.6. The predicted octanol–water partition coefficient (Wildman–Crippen LogP) is 1.99. The Balaban J connectivity index is 1.92. The summed E-state index contributed by atoms with van der Waals surface area (Å²) in [6.07, 6.45) is 0. The van der Waals surface area contributed by atoms with Gasteiger partial charge in [0.2, 0.25) is 17.7 Å². The Bertz CT molecular complexity index is 831. The van der Waals surface area contributed by atoms with Crippen LogP contribution in [0.5, 0.6) is 0 Å². The van der Waals surface area contributed by atoms with Gasteiger partial charge in [-0.15, -0.1) is 0 Å². The molecule has 0 aromatic heterocycles. The Morgan fingerprint density at radius 1 is 1.16 bits per heavy atom. The number of anilines is 1. The van der Waals surface area contributed by atoms with Gasteiger partial charge in [-0.3, -0.25) is 24.6 Å². The molecule has 1 spiro atoms. The molecule has 0 unspecified atom stereocenters. The lowest BCUT2D eigenvalue weighted by Gasteiger charge is -2.34. The molecule has 3 heterocycles. The number of nitrogens with zero attached hydrogens (tertiary/aromatic N) is 1. The minimum absolute atomic E-state index is 0.198. The topological polar surface area (TPSA) is 78.5 Å². The number of nitrogens with one attached hydrogen (secondary N) is 2. The Hall–Kier alpha value is -1.73. The van der Waals surface area contributed by atoms with Crippen molar-refractivity contribution in [2.24, 2.45) is 11.8 Å². The largest absolute Gasteiger partial charge is 0.324 e. The van der Waals surface area contributed by atoms with Gasteiger partial charge in [-0.2, -0.15) is 0 Å². The molecule has 4 atom stereocenters. The molecule has 1 aromatic carbocycles. The predicted molar refractivity (Wildman–Crippen MR) is 95.6 cm³/mol. The van der Waals surface area contributed by atoms with Crippen molar-refractivity contribution in [2.75, 3.05) is 5.32 Å². The van der Waals surface area contributed by atoms with Gasteiger partial charge < -0.3 is 5.32 Å². The fraction of sp³-hybridized carbons (Fsp3) is 0.500. The zero-order chi connectivity index (χ0) is 18.3. The van der Waals surface area contributed by atoms with Crippen molar-refractivity contribution in [1.29, 1.82) is 0 Å². The van der Waals surface area contributed by atoms with Crippen molar-refractivity contribution in [3.63, 3.8) is 0 Å². The van der Waals surface area contributed by atoms with Crippen molar-refractivity contribution < 1.29 is 14.4 Å². The minimum Gasteiger partial charge on any atom is -0.324 e. The van der Waals surface area contributed by atoms with E-state index in [2.05, 4.69) is 26.6 Å². The molecule has 2 saturated heterocycles. The molecule has 2 N–H and O–H groups in total. The van der Waals surface area contributed by atoms with E-state index in [1.807, 2.05) is 45.9 Å². The average molecular weight is 406 g/mol. The van der Waals surface area contributed by atoms with E-state index in [9.17, 15) is 14.4 Å². The third-order valence-corrected chi connectivity index (χ3v) is 5.99. The molecule has 0 saturated carbocycles. The second-order valence-electron chi connectivity index (χ2n) is 8.07. The van der Waals surface area contributed by atoms with Crippen LogP contribution >= 0.6 is 15.9 Å². The number of benzene rings is 1. The smallest absolute Gasteiger partial charge is 0.250 e. The number of carbonyl (C=O) groups is 3. The van der Waals surface area contributed by atoms with Crippen molar-refractivity contribution in [2.45, 2.75) is 44.8 Å². The van der Waals surface area contributed by atoms with Crippen LogP contribution in [-0.2, 0) is 19.9 Å². The Labute approximate surface area is 154 Å². The van der Waals surface area contributed by atoms with Crippen molar-refractivity contribution >= 4 is 39.3 Å². The number of rotatable bonds is 0. The van der Waals surface area contributed by atoms with Crippen LogP contribution in [0, 0.1) is 11.8 Å². The maximum absolute atomic E-state index is 13.3. The van der Waals surface area contributed by atoms with Gasteiger partial charge in [-0.1, -0.05) is 15.9 Å². The highest BCUT2D eigenvalue weighted by Crippen LogP contribution is 2.54. The van der Waals surface area contributed by atoms with Crippen LogP contribution < -0.4 is 10.6 Å². The lowest BCUT2D eigenvalue weighted by atomic mass is 9.76. The molecular formula is C18H20BrN3O3. The van der Waals surface area contributed by atoms with E-state index in [-0.39, 0.29) is 23.8 Å². The second-order valence-corrected chi connectivity index (χ2v) is 8.99. The molecule has 132 valence electrons. The Morgan fingerprint density at radius 3 is 2.48 bits per heavy atom. The normalized spacial score (nSPS) is 33.9. The molecule has 0 aliphatic carbocycles. The summed E-state index contributed by atoms with van der Waals surface area (Å²) in [6.45, 7) is 7.39. The number of hydrogen-bond donors (Lipinski definition) is 2. The van der Waals surface area contributed by atoms with Gasteiger partial charge in [0.05, 0.1) is 11.8 Å². The van der Waals surface area contributed by atoms with E-state index in [0.29, 0.717) is 5.69 Å². The zero-order valence-electron chi connectivity index (χ0n) is 14.5. The fourth-order valence-corrected chi connectivity index (χ4v) is 4.96. The van der Waals surface area contributed by atoms with E-state index >= 15 is 0 Å². The molecule has 3 aliphatic heterocycles. The molecule has 3 amide bonds. The number of fused-ring (bicyclic) bond motifs is 4. The van der Waals surface area contributed by atoms with Gasteiger partial charge in [0.15, 0.2) is 0 Å². The highest BCUT2D eigenvalue weighted by molar-refractivity contribution is 9.10.